The number of phenols is 1. The Morgan fingerprint density at radius 2 is 1.86 bits per heavy atom. The number of hydrogen-bond donors (Lipinski definition) is 1. The predicted molar refractivity (Wildman–Crippen MR) is 82.8 cm³/mol. The molecule has 2 aliphatic rings. The van der Waals surface area contributed by atoms with Crippen LogP contribution >= 0.6 is 0 Å². The van der Waals surface area contributed by atoms with Crippen molar-refractivity contribution in [1.29, 1.82) is 0 Å². The summed E-state index contributed by atoms with van der Waals surface area (Å²) in [6, 6.07) is 12.2. The Morgan fingerprint density at radius 3 is 2.68 bits per heavy atom. The summed E-state index contributed by atoms with van der Waals surface area (Å²) < 4.78 is 20.1. The van der Waals surface area contributed by atoms with Gasteiger partial charge in [0, 0.05) is 5.56 Å². The zero-order valence-electron chi connectivity index (χ0n) is 12.4. The zero-order chi connectivity index (χ0) is 15.2. The number of halogens is 1. The third-order valence-electron chi connectivity index (χ3n) is 5.16. The molecule has 1 fully saturated rings. The van der Waals surface area contributed by atoms with Crippen LogP contribution in [0.15, 0.2) is 42.5 Å². The molecule has 2 aromatic rings. The highest BCUT2D eigenvalue weighted by molar-refractivity contribution is 5.53. The number of rotatable bonds is 1. The molecule has 1 aliphatic carbocycles. The van der Waals surface area contributed by atoms with E-state index in [1.807, 2.05) is 12.1 Å². The van der Waals surface area contributed by atoms with Crippen molar-refractivity contribution in [3.05, 3.63) is 59.4 Å². The van der Waals surface area contributed by atoms with E-state index in [2.05, 4.69) is 0 Å². The maximum atomic E-state index is 13.9. The number of phenolic OH excluding ortho intramolecular Hbond substituents is 1. The molecule has 2 aromatic carbocycles. The van der Waals surface area contributed by atoms with E-state index in [1.54, 1.807) is 24.3 Å². The fourth-order valence-corrected chi connectivity index (χ4v) is 4.14. The second-order valence-corrected chi connectivity index (χ2v) is 6.36. The van der Waals surface area contributed by atoms with Gasteiger partial charge >= 0.3 is 0 Å². The van der Waals surface area contributed by atoms with E-state index >= 15 is 0 Å². The quantitative estimate of drug-likeness (QED) is 0.837. The van der Waals surface area contributed by atoms with Crippen LogP contribution in [0, 0.1) is 5.82 Å². The van der Waals surface area contributed by atoms with E-state index in [0.29, 0.717) is 0 Å². The van der Waals surface area contributed by atoms with Crippen LogP contribution in [-0.4, -0.2) is 11.2 Å². The molecule has 22 heavy (non-hydrogen) atoms. The van der Waals surface area contributed by atoms with Gasteiger partial charge in [0.25, 0.3) is 0 Å². The molecular weight excluding hydrogens is 279 g/mol. The molecule has 0 amide bonds. The van der Waals surface area contributed by atoms with E-state index in [0.717, 1.165) is 42.6 Å². The Balaban J connectivity index is 1.94. The normalized spacial score (nSPS) is 26.7. The van der Waals surface area contributed by atoms with Crippen LogP contribution in [0.2, 0.25) is 0 Å². The first kappa shape index (κ1) is 13.6. The van der Waals surface area contributed by atoms with Crippen LogP contribution in [0.1, 0.15) is 43.2 Å². The second-order valence-electron chi connectivity index (χ2n) is 6.36. The Bertz CT molecular complexity index is 695. The Hall–Kier alpha value is -2.03. The second kappa shape index (κ2) is 5.01. The van der Waals surface area contributed by atoms with Crippen molar-refractivity contribution in [3.8, 4) is 11.5 Å². The van der Waals surface area contributed by atoms with E-state index in [4.69, 9.17) is 4.74 Å². The van der Waals surface area contributed by atoms with Crippen LogP contribution in [0.3, 0.4) is 0 Å². The van der Waals surface area contributed by atoms with Gasteiger partial charge in [-0.05, 0) is 55.2 Å². The number of fused-ring (bicyclic) bond motifs is 3. The predicted octanol–water partition coefficient (Wildman–Crippen LogP) is 4.54. The molecule has 4 rings (SSSR count). The minimum atomic E-state index is -0.290. The van der Waals surface area contributed by atoms with Gasteiger partial charge in [-0.25, -0.2) is 4.39 Å². The monoisotopic (exact) mass is 298 g/mol. The highest BCUT2D eigenvalue weighted by atomic mass is 19.1. The topological polar surface area (TPSA) is 29.5 Å². The number of hydrogen-bond acceptors (Lipinski definition) is 2. The van der Waals surface area contributed by atoms with Crippen molar-refractivity contribution in [2.75, 3.05) is 0 Å². The molecular formula is C19H19FO2. The first-order valence-corrected chi connectivity index (χ1v) is 7.96. The molecule has 1 aliphatic heterocycles. The maximum Gasteiger partial charge on any atom is 0.124 e. The summed E-state index contributed by atoms with van der Waals surface area (Å²) in [6.45, 7) is 0. The summed E-state index contributed by atoms with van der Waals surface area (Å²) in [5.74, 6) is 0.843. The minimum Gasteiger partial charge on any atom is -0.508 e. The van der Waals surface area contributed by atoms with Crippen molar-refractivity contribution in [2.45, 2.75) is 43.6 Å². The number of aromatic hydroxyl groups is 1. The highest BCUT2D eigenvalue weighted by Gasteiger charge is 2.50. The molecule has 0 aromatic heterocycles. The van der Waals surface area contributed by atoms with Gasteiger partial charge in [-0.2, -0.15) is 0 Å². The lowest BCUT2D eigenvalue weighted by atomic mass is 9.69. The molecule has 0 saturated heterocycles. The van der Waals surface area contributed by atoms with Gasteiger partial charge in [-0.3, -0.25) is 0 Å². The zero-order valence-corrected chi connectivity index (χ0v) is 12.4. The van der Waals surface area contributed by atoms with E-state index in [9.17, 15) is 9.50 Å². The average Bonchev–Trinajstić information content (AvgIpc) is 2.68. The van der Waals surface area contributed by atoms with E-state index < -0.39 is 0 Å². The number of benzene rings is 2. The van der Waals surface area contributed by atoms with Crippen LogP contribution in [0.25, 0.3) is 0 Å². The largest absolute Gasteiger partial charge is 0.508 e. The van der Waals surface area contributed by atoms with Gasteiger partial charge in [0.15, 0.2) is 0 Å². The summed E-state index contributed by atoms with van der Waals surface area (Å²) in [6.07, 6.45) is 5.43. The smallest absolute Gasteiger partial charge is 0.124 e. The SMILES string of the molecule is Oc1ccc(C23CCCCCC2Oc2ccc(F)cc23)cc1. The Labute approximate surface area is 129 Å². The standard InChI is InChI=1S/C19H19FO2/c20-14-7-10-17-16(12-14)19(13-5-8-15(21)9-6-13)11-3-1-2-4-18(19)22-17/h5-10,12,18,21H,1-4,11H2. The number of ether oxygens (including phenoxy) is 1. The Morgan fingerprint density at radius 1 is 1.05 bits per heavy atom. The lowest BCUT2D eigenvalue weighted by Gasteiger charge is -2.33. The van der Waals surface area contributed by atoms with Crippen LogP contribution in [0.5, 0.6) is 11.5 Å². The third-order valence-corrected chi connectivity index (χ3v) is 5.16. The van der Waals surface area contributed by atoms with Gasteiger partial charge in [0.2, 0.25) is 0 Å². The fraction of sp³-hybridized carbons (Fsp3) is 0.368. The van der Waals surface area contributed by atoms with E-state index in [1.165, 1.54) is 12.5 Å². The lowest BCUT2D eigenvalue weighted by Crippen LogP contribution is -2.38. The molecule has 0 bridgehead atoms. The van der Waals surface area contributed by atoms with E-state index in [-0.39, 0.29) is 23.1 Å². The summed E-state index contributed by atoms with van der Waals surface area (Å²) in [5, 5.41) is 9.60. The molecule has 1 saturated carbocycles. The third kappa shape index (κ3) is 1.92. The van der Waals surface area contributed by atoms with Crippen LogP contribution in [-0.2, 0) is 5.41 Å². The lowest BCUT2D eigenvalue weighted by molar-refractivity contribution is 0.159. The summed E-state index contributed by atoms with van der Waals surface area (Å²) in [5.41, 5.74) is 1.79. The molecule has 114 valence electrons. The molecule has 0 radical (unpaired) electrons. The minimum absolute atomic E-state index is 0.0522. The Kier molecular flexibility index (Phi) is 3.10. The van der Waals surface area contributed by atoms with Crippen molar-refractivity contribution < 1.29 is 14.2 Å². The van der Waals surface area contributed by atoms with Gasteiger partial charge in [-0.15, -0.1) is 0 Å². The first-order valence-electron chi connectivity index (χ1n) is 7.96. The van der Waals surface area contributed by atoms with Gasteiger partial charge in [0.1, 0.15) is 23.4 Å². The van der Waals surface area contributed by atoms with Crippen molar-refractivity contribution in [3.63, 3.8) is 0 Å². The van der Waals surface area contributed by atoms with Gasteiger partial charge in [0.05, 0.1) is 5.41 Å². The first-order chi connectivity index (χ1) is 10.7. The van der Waals surface area contributed by atoms with Crippen LogP contribution < -0.4 is 4.74 Å². The maximum absolute atomic E-state index is 13.9. The summed E-state index contributed by atoms with van der Waals surface area (Å²) >= 11 is 0. The summed E-state index contributed by atoms with van der Waals surface area (Å²) in [4.78, 5) is 0. The summed E-state index contributed by atoms with van der Waals surface area (Å²) in [7, 11) is 0. The molecule has 2 atom stereocenters. The highest BCUT2D eigenvalue weighted by Crippen LogP contribution is 2.53. The fourth-order valence-electron chi connectivity index (χ4n) is 4.14. The molecule has 0 spiro atoms. The molecule has 2 nitrogen and oxygen atoms in total. The van der Waals surface area contributed by atoms with Gasteiger partial charge in [-0.1, -0.05) is 25.0 Å². The molecule has 1 N–H and O–H groups in total. The van der Waals surface area contributed by atoms with Gasteiger partial charge < -0.3 is 9.84 Å². The molecule has 1 heterocycles. The van der Waals surface area contributed by atoms with Crippen molar-refractivity contribution in [1.82, 2.24) is 0 Å². The van der Waals surface area contributed by atoms with Crippen LogP contribution in [0.4, 0.5) is 4.39 Å². The van der Waals surface area contributed by atoms with Crippen molar-refractivity contribution in [2.24, 2.45) is 0 Å². The molecule has 2 unspecified atom stereocenters. The van der Waals surface area contributed by atoms with Crippen molar-refractivity contribution >= 4 is 0 Å². The molecule has 3 heteroatoms. The average molecular weight is 298 g/mol.